The molecular formula is C17H16Br3N3OS. The molecule has 8 heteroatoms. The van der Waals surface area contributed by atoms with E-state index in [1.165, 1.54) is 0 Å². The number of rotatable bonds is 6. The van der Waals surface area contributed by atoms with Crippen molar-refractivity contribution in [3.8, 4) is 5.75 Å². The van der Waals surface area contributed by atoms with Crippen LogP contribution in [0.15, 0.2) is 54.9 Å². The summed E-state index contributed by atoms with van der Waals surface area (Å²) in [5, 5.41) is 7.56. The van der Waals surface area contributed by atoms with Gasteiger partial charge in [-0.05, 0) is 86.4 Å². The molecule has 2 aromatic carbocycles. The van der Waals surface area contributed by atoms with Crippen molar-refractivity contribution in [1.82, 2.24) is 10.7 Å². The molecule has 25 heavy (non-hydrogen) atoms. The van der Waals surface area contributed by atoms with Crippen LogP contribution in [0.4, 0.5) is 0 Å². The van der Waals surface area contributed by atoms with Crippen molar-refractivity contribution in [1.29, 1.82) is 0 Å². The summed E-state index contributed by atoms with van der Waals surface area (Å²) in [6.45, 7) is 3.21. The molecule has 4 nitrogen and oxygen atoms in total. The van der Waals surface area contributed by atoms with Crippen LogP contribution in [0.2, 0.25) is 0 Å². The number of nitrogens with one attached hydrogen (secondary N) is 2. The molecule has 0 bridgehead atoms. The Hall–Kier alpha value is -0.960. The van der Waals surface area contributed by atoms with E-state index in [2.05, 4.69) is 63.6 Å². The quantitative estimate of drug-likeness (QED) is 0.289. The molecule has 0 aliphatic carbocycles. The van der Waals surface area contributed by atoms with E-state index in [9.17, 15) is 0 Å². The summed E-state index contributed by atoms with van der Waals surface area (Å²) in [5.74, 6) is 0.746. The minimum atomic E-state index is 0.483. The molecule has 132 valence electrons. The van der Waals surface area contributed by atoms with Crippen LogP contribution >= 0.6 is 60.0 Å². The Morgan fingerprint density at radius 2 is 1.80 bits per heavy atom. The molecule has 2 rings (SSSR count). The average molecular weight is 550 g/mol. The fraction of sp³-hybridized carbons (Fsp3) is 0.176. The predicted molar refractivity (Wildman–Crippen MR) is 117 cm³/mol. The summed E-state index contributed by atoms with van der Waals surface area (Å²) in [4.78, 5) is 0. The zero-order chi connectivity index (χ0) is 18.2. The molecular weight excluding hydrogens is 534 g/mol. The van der Waals surface area contributed by atoms with Crippen LogP contribution < -0.4 is 15.5 Å². The maximum Gasteiger partial charge on any atom is 0.186 e. The Labute approximate surface area is 177 Å². The van der Waals surface area contributed by atoms with Crippen molar-refractivity contribution in [2.75, 3.05) is 6.54 Å². The summed E-state index contributed by atoms with van der Waals surface area (Å²) in [6.07, 6.45) is 1.69. The van der Waals surface area contributed by atoms with E-state index in [4.69, 9.17) is 17.0 Å². The monoisotopic (exact) mass is 547 g/mol. The summed E-state index contributed by atoms with van der Waals surface area (Å²) < 4.78 is 8.65. The van der Waals surface area contributed by atoms with E-state index in [0.717, 1.165) is 36.8 Å². The van der Waals surface area contributed by atoms with Crippen molar-refractivity contribution in [2.45, 2.75) is 13.5 Å². The highest BCUT2D eigenvalue weighted by Gasteiger charge is 2.09. The van der Waals surface area contributed by atoms with Crippen molar-refractivity contribution in [3.05, 3.63) is 60.9 Å². The van der Waals surface area contributed by atoms with Gasteiger partial charge in [0.2, 0.25) is 0 Å². The van der Waals surface area contributed by atoms with Crippen LogP contribution in [0.5, 0.6) is 5.75 Å². The highest BCUT2D eigenvalue weighted by atomic mass is 79.9. The number of thiocarbonyl (C=S) groups is 1. The van der Waals surface area contributed by atoms with E-state index >= 15 is 0 Å². The molecule has 0 aromatic heterocycles. The topological polar surface area (TPSA) is 45.7 Å². The molecule has 0 atom stereocenters. The summed E-state index contributed by atoms with van der Waals surface area (Å²) in [6, 6.07) is 11.9. The Bertz CT molecular complexity index is 743. The molecule has 0 heterocycles. The zero-order valence-corrected chi connectivity index (χ0v) is 18.9. The van der Waals surface area contributed by atoms with E-state index in [0.29, 0.717) is 11.7 Å². The summed E-state index contributed by atoms with van der Waals surface area (Å²) in [7, 11) is 0. The second-order valence-corrected chi connectivity index (χ2v) is 7.99. The van der Waals surface area contributed by atoms with Gasteiger partial charge >= 0.3 is 0 Å². The second-order valence-electron chi connectivity index (χ2n) is 4.96. The van der Waals surface area contributed by atoms with Gasteiger partial charge in [0.05, 0.1) is 15.2 Å². The molecule has 0 saturated heterocycles. The average Bonchev–Trinajstić information content (AvgIpc) is 2.56. The van der Waals surface area contributed by atoms with Crippen molar-refractivity contribution >= 4 is 71.3 Å². The molecule has 0 aliphatic heterocycles. The summed E-state index contributed by atoms with van der Waals surface area (Å²) in [5.41, 5.74) is 4.76. The van der Waals surface area contributed by atoms with E-state index < -0.39 is 0 Å². The second kappa shape index (κ2) is 10.3. The Morgan fingerprint density at radius 1 is 1.16 bits per heavy atom. The lowest BCUT2D eigenvalue weighted by Crippen LogP contribution is -2.31. The SMILES string of the molecule is CCNC(=S)N/N=C\c1cc(Br)c(OCc2ccc(Br)cc2)c(Br)c1. The number of hydrogen-bond donors (Lipinski definition) is 2. The fourth-order valence-electron chi connectivity index (χ4n) is 1.89. The first kappa shape index (κ1) is 20.4. The first-order valence-electron chi connectivity index (χ1n) is 7.42. The van der Waals surface area contributed by atoms with Gasteiger partial charge in [-0.1, -0.05) is 28.1 Å². The van der Waals surface area contributed by atoms with Crippen LogP contribution in [-0.2, 0) is 6.61 Å². The molecule has 0 aliphatic rings. The third-order valence-electron chi connectivity index (χ3n) is 3.03. The largest absolute Gasteiger partial charge is 0.487 e. The van der Waals surface area contributed by atoms with Crippen molar-refractivity contribution < 1.29 is 4.74 Å². The number of nitrogens with zero attached hydrogens (tertiary/aromatic N) is 1. The minimum absolute atomic E-state index is 0.483. The van der Waals surface area contributed by atoms with Gasteiger partial charge in [-0.3, -0.25) is 5.43 Å². The maximum atomic E-state index is 5.92. The zero-order valence-electron chi connectivity index (χ0n) is 13.4. The van der Waals surface area contributed by atoms with E-state index in [1.807, 2.05) is 43.3 Å². The summed E-state index contributed by atoms with van der Waals surface area (Å²) >= 11 is 15.6. The van der Waals surface area contributed by atoms with Crippen LogP contribution in [0, 0.1) is 0 Å². The van der Waals surface area contributed by atoms with E-state index in [-0.39, 0.29) is 0 Å². The predicted octanol–water partition coefficient (Wildman–Crippen LogP) is 5.37. The van der Waals surface area contributed by atoms with Gasteiger partial charge in [-0.15, -0.1) is 0 Å². The highest BCUT2D eigenvalue weighted by Crippen LogP contribution is 2.35. The lowest BCUT2D eigenvalue weighted by molar-refractivity contribution is 0.302. The lowest BCUT2D eigenvalue weighted by atomic mass is 10.2. The van der Waals surface area contributed by atoms with Crippen LogP contribution in [-0.4, -0.2) is 17.9 Å². The van der Waals surface area contributed by atoms with Gasteiger partial charge in [-0.25, -0.2) is 0 Å². The Balaban J connectivity index is 2.02. The minimum Gasteiger partial charge on any atom is -0.487 e. The smallest absolute Gasteiger partial charge is 0.186 e. The maximum absolute atomic E-state index is 5.92. The van der Waals surface area contributed by atoms with Gasteiger partial charge in [-0.2, -0.15) is 5.10 Å². The highest BCUT2D eigenvalue weighted by molar-refractivity contribution is 9.11. The Morgan fingerprint density at radius 3 is 2.40 bits per heavy atom. The standard InChI is InChI=1S/C17H16Br3N3OS/c1-2-21-17(25)23-22-9-12-7-14(19)16(15(20)8-12)24-10-11-3-5-13(18)6-4-11/h3-9H,2,10H2,1H3,(H2,21,23,25)/b22-9-. The van der Waals surface area contributed by atoms with Gasteiger partial charge in [0, 0.05) is 11.0 Å². The van der Waals surface area contributed by atoms with Gasteiger partial charge < -0.3 is 10.1 Å². The Kier molecular flexibility index (Phi) is 8.35. The molecule has 0 spiro atoms. The van der Waals surface area contributed by atoms with E-state index in [1.54, 1.807) is 6.21 Å². The first-order valence-corrected chi connectivity index (χ1v) is 10.2. The fourth-order valence-corrected chi connectivity index (χ4v) is 3.81. The van der Waals surface area contributed by atoms with Crippen molar-refractivity contribution in [2.24, 2.45) is 5.10 Å². The van der Waals surface area contributed by atoms with Crippen LogP contribution in [0.3, 0.4) is 0 Å². The number of ether oxygens (including phenoxy) is 1. The molecule has 0 amide bonds. The molecule has 0 fully saturated rings. The number of benzene rings is 2. The third kappa shape index (κ3) is 6.69. The first-order chi connectivity index (χ1) is 12.0. The van der Waals surface area contributed by atoms with Crippen molar-refractivity contribution in [3.63, 3.8) is 0 Å². The van der Waals surface area contributed by atoms with Gasteiger partial charge in [0.15, 0.2) is 5.11 Å². The number of halogens is 3. The molecule has 2 aromatic rings. The van der Waals surface area contributed by atoms with Crippen LogP contribution in [0.1, 0.15) is 18.1 Å². The van der Waals surface area contributed by atoms with Crippen LogP contribution in [0.25, 0.3) is 0 Å². The third-order valence-corrected chi connectivity index (χ3v) is 4.98. The lowest BCUT2D eigenvalue weighted by Gasteiger charge is -2.11. The molecule has 0 saturated carbocycles. The molecule has 0 radical (unpaired) electrons. The normalized spacial score (nSPS) is 10.7. The molecule has 2 N–H and O–H groups in total. The number of hydrazone groups is 1. The number of hydrogen-bond acceptors (Lipinski definition) is 3. The van der Waals surface area contributed by atoms with Gasteiger partial charge in [0.25, 0.3) is 0 Å². The molecule has 0 unspecified atom stereocenters. The van der Waals surface area contributed by atoms with Gasteiger partial charge in [0.1, 0.15) is 12.4 Å².